The number of carbonyl (C=O) groups is 3. The molecule has 3 aromatic rings. The van der Waals surface area contributed by atoms with Gasteiger partial charge in [-0.25, -0.2) is 0 Å². The molecule has 34 heavy (non-hydrogen) atoms. The summed E-state index contributed by atoms with van der Waals surface area (Å²) in [6, 6.07) is 15.0. The number of carbonyl (C=O) groups excluding carboxylic acids is 3. The standard InChI is InChI=1S/C25H21F3N2O4/c1-15-10-11-19(20(13-15)34-14-25(26,27)28)29-21(31)9-4-12-30-23(32)17-7-2-5-16-6-3-8-18(22(16)17)24(30)33/h2-3,5-8,10-11,13H,4,9,12,14H2,1H3,(H,29,31). The van der Waals surface area contributed by atoms with Crippen LogP contribution in [-0.2, 0) is 4.79 Å². The summed E-state index contributed by atoms with van der Waals surface area (Å²) in [5.74, 6) is -1.40. The summed E-state index contributed by atoms with van der Waals surface area (Å²) >= 11 is 0. The number of nitrogens with one attached hydrogen (secondary N) is 1. The van der Waals surface area contributed by atoms with Crippen molar-refractivity contribution in [2.45, 2.75) is 25.9 Å². The fourth-order valence-electron chi connectivity index (χ4n) is 3.91. The largest absolute Gasteiger partial charge is 0.482 e. The first-order valence-electron chi connectivity index (χ1n) is 10.6. The first-order chi connectivity index (χ1) is 16.1. The number of amides is 3. The summed E-state index contributed by atoms with van der Waals surface area (Å²) in [5, 5.41) is 3.97. The number of alkyl halides is 3. The van der Waals surface area contributed by atoms with Crippen LogP contribution in [-0.4, -0.2) is 41.9 Å². The quantitative estimate of drug-likeness (QED) is 0.488. The fraction of sp³-hybridized carbons (Fsp3) is 0.240. The first-order valence-corrected chi connectivity index (χ1v) is 10.6. The fourth-order valence-corrected chi connectivity index (χ4v) is 3.91. The molecule has 0 aliphatic carbocycles. The number of nitrogens with zero attached hydrogens (tertiary/aromatic N) is 1. The molecular formula is C25H21F3N2O4. The second kappa shape index (κ2) is 9.17. The van der Waals surface area contributed by atoms with Crippen LogP contribution in [0.5, 0.6) is 5.75 Å². The van der Waals surface area contributed by atoms with Crippen LogP contribution in [0.1, 0.15) is 39.1 Å². The molecule has 0 unspecified atom stereocenters. The summed E-state index contributed by atoms with van der Waals surface area (Å²) in [6.07, 6.45) is -4.37. The van der Waals surface area contributed by atoms with E-state index in [-0.39, 0.29) is 30.8 Å². The number of hydrogen-bond acceptors (Lipinski definition) is 4. The molecule has 6 nitrogen and oxygen atoms in total. The van der Waals surface area contributed by atoms with Crippen LogP contribution in [0.25, 0.3) is 10.8 Å². The van der Waals surface area contributed by atoms with Gasteiger partial charge in [-0.3, -0.25) is 19.3 Å². The van der Waals surface area contributed by atoms with Gasteiger partial charge in [-0.15, -0.1) is 0 Å². The first kappa shape index (κ1) is 23.3. The Morgan fingerprint density at radius 1 is 1.00 bits per heavy atom. The van der Waals surface area contributed by atoms with Gasteiger partial charge in [-0.1, -0.05) is 30.3 Å². The monoisotopic (exact) mass is 470 g/mol. The highest BCUT2D eigenvalue weighted by Crippen LogP contribution is 2.31. The van der Waals surface area contributed by atoms with E-state index < -0.39 is 30.5 Å². The molecule has 0 aromatic heterocycles. The Balaban J connectivity index is 1.40. The van der Waals surface area contributed by atoms with E-state index in [2.05, 4.69) is 5.32 Å². The molecule has 4 rings (SSSR count). The van der Waals surface area contributed by atoms with Crippen LogP contribution in [0.4, 0.5) is 18.9 Å². The Morgan fingerprint density at radius 3 is 2.26 bits per heavy atom. The molecule has 1 aliphatic heterocycles. The highest BCUT2D eigenvalue weighted by molar-refractivity contribution is 6.25. The summed E-state index contributed by atoms with van der Waals surface area (Å²) in [7, 11) is 0. The van der Waals surface area contributed by atoms with Gasteiger partial charge in [0.25, 0.3) is 11.8 Å². The lowest BCUT2D eigenvalue weighted by Gasteiger charge is -2.27. The SMILES string of the molecule is Cc1ccc(NC(=O)CCCN2C(=O)c3cccc4cccc(c34)C2=O)c(OCC(F)(F)F)c1. The average Bonchev–Trinajstić information content (AvgIpc) is 2.79. The summed E-state index contributed by atoms with van der Waals surface area (Å²) in [6.45, 7) is 0.241. The number of benzene rings is 3. The predicted molar refractivity (Wildman–Crippen MR) is 120 cm³/mol. The highest BCUT2D eigenvalue weighted by Gasteiger charge is 2.32. The molecule has 1 heterocycles. The molecule has 3 aromatic carbocycles. The van der Waals surface area contributed by atoms with E-state index in [1.807, 2.05) is 12.1 Å². The molecule has 9 heteroatoms. The summed E-state index contributed by atoms with van der Waals surface area (Å²) in [4.78, 5) is 39.4. The van der Waals surface area contributed by atoms with Crippen molar-refractivity contribution in [2.24, 2.45) is 0 Å². The van der Waals surface area contributed by atoms with E-state index in [9.17, 15) is 27.6 Å². The molecule has 176 valence electrons. The van der Waals surface area contributed by atoms with Gasteiger partial charge in [0.05, 0.1) is 5.69 Å². The predicted octanol–water partition coefficient (Wildman–Crippen LogP) is 5.10. The molecule has 0 radical (unpaired) electrons. The molecular weight excluding hydrogens is 449 g/mol. The van der Waals surface area contributed by atoms with Gasteiger partial charge in [0.1, 0.15) is 5.75 Å². The highest BCUT2D eigenvalue weighted by atomic mass is 19.4. The van der Waals surface area contributed by atoms with Crippen LogP contribution in [0.3, 0.4) is 0 Å². The van der Waals surface area contributed by atoms with Gasteiger partial charge in [-0.2, -0.15) is 13.2 Å². The summed E-state index contributed by atoms with van der Waals surface area (Å²) < 4.78 is 42.4. The second-order valence-corrected chi connectivity index (χ2v) is 8.03. The molecule has 0 spiro atoms. The molecule has 0 atom stereocenters. The van der Waals surface area contributed by atoms with Gasteiger partial charge in [-0.05, 0) is 48.6 Å². The number of ether oxygens (including phenoxy) is 1. The zero-order valence-corrected chi connectivity index (χ0v) is 18.2. The molecule has 0 saturated carbocycles. The maximum Gasteiger partial charge on any atom is 0.422 e. The zero-order chi connectivity index (χ0) is 24.5. The number of rotatable bonds is 7. The van der Waals surface area contributed by atoms with Crippen molar-refractivity contribution >= 4 is 34.2 Å². The average molecular weight is 470 g/mol. The molecule has 0 bridgehead atoms. The minimum atomic E-state index is -4.51. The maximum atomic E-state index is 12.9. The number of imide groups is 1. The molecule has 0 fully saturated rings. The third-order valence-electron chi connectivity index (χ3n) is 5.44. The van der Waals surface area contributed by atoms with Gasteiger partial charge in [0.15, 0.2) is 6.61 Å². The van der Waals surface area contributed by atoms with Crippen molar-refractivity contribution < 1.29 is 32.3 Å². The van der Waals surface area contributed by atoms with Crippen molar-refractivity contribution in [1.82, 2.24) is 4.90 Å². The van der Waals surface area contributed by atoms with Gasteiger partial charge >= 0.3 is 6.18 Å². The minimum Gasteiger partial charge on any atom is -0.482 e. The Kier molecular flexibility index (Phi) is 6.28. The van der Waals surface area contributed by atoms with Gasteiger partial charge < -0.3 is 10.1 Å². The third-order valence-corrected chi connectivity index (χ3v) is 5.44. The van der Waals surface area contributed by atoms with Crippen LogP contribution >= 0.6 is 0 Å². The van der Waals surface area contributed by atoms with E-state index in [0.29, 0.717) is 22.1 Å². The van der Waals surface area contributed by atoms with Crippen molar-refractivity contribution in [3.63, 3.8) is 0 Å². The van der Waals surface area contributed by atoms with E-state index in [1.54, 1.807) is 37.3 Å². The molecule has 0 saturated heterocycles. The van der Waals surface area contributed by atoms with Crippen LogP contribution in [0.15, 0.2) is 54.6 Å². The van der Waals surface area contributed by atoms with Crippen molar-refractivity contribution in [2.75, 3.05) is 18.5 Å². The van der Waals surface area contributed by atoms with E-state index in [4.69, 9.17) is 4.74 Å². The van der Waals surface area contributed by atoms with Crippen LogP contribution in [0, 0.1) is 6.92 Å². The lowest BCUT2D eigenvalue weighted by Crippen LogP contribution is -2.41. The number of hydrogen-bond donors (Lipinski definition) is 1. The number of aryl methyl sites for hydroxylation is 1. The maximum absolute atomic E-state index is 12.9. The minimum absolute atomic E-state index is 0.0289. The van der Waals surface area contributed by atoms with Gasteiger partial charge in [0, 0.05) is 29.5 Å². The Hall–Kier alpha value is -3.88. The number of halogens is 3. The lowest BCUT2D eigenvalue weighted by atomic mass is 9.94. The van der Waals surface area contributed by atoms with Crippen molar-refractivity contribution in [1.29, 1.82) is 0 Å². The molecule has 1 N–H and O–H groups in total. The lowest BCUT2D eigenvalue weighted by molar-refractivity contribution is -0.153. The second-order valence-electron chi connectivity index (χ2n) is 8.03. The topological polar surface area (TPSA) is 75.7 Å². The van der Waals surface area contributed by atoms with Crippen molar-refractivity contribution in [3.05, 3.63) is 71.3 Å². The smallest absolute Gasteiger partial charge is 0.422 e. The Bertz CT molecular complexity index is 1240. The third kappa shape index (κ3) is 4.88. The Labute approximate surface area is 193 Å². The van der Waals surface area contributed by atoms with E-state index >= 15 is 0 Å². The zero-order valence-electron chi connectivity index (χ0n) is 18.2. The van der Waals surface area contributed by atoms with E-state index in [0.717, 1.165) is 10.3 Å². The molecule has 3 amide bonds. The van der Waals surface area contributed by atoms with Crippen LogP contribution in [0.2, 0.25) is 0 Å². The number of anilines is 1. The summed E-state index contributed by atoms with van der Waals surface area (Å²) in [5.41, 5.74) is 1.66. The van der Waals surface area contributed by atoms with Crippen LogP contribution < -0.4 is 10.1 Å². The normalized spacial score (nSPS) is 13.4. The van der Waals surface area contributed by atoms with Gasteiger partial charge in [0.2, 0.25) is 5.91 Å². The molecule has 1 aliphatic rings. The Morgan fingerprint density at radius 2 is 1.65 bits per heavy atom. The van der Waals surface area contributed by atoms with E-state index in [1.165, 1.54) is 12.1 Å². The van der Waals surface area contributed by atoms with Crippen molar-refractivity contribution in [3.8, 4) is 5.75 Å².